The number of nitrogens with zero attached hydrogens (tertiary/aromatic N) is 4. The van der Waals surface area contributed by atoms with E-state index in [9.17, 15) is 19.2 Å². The lowest BCUT2D eigenvalue weighted by molar-refractivity contribution is -0.147. The number of likely N-dealkylation sites (N-methyl/N-ethyl adjacent to an activating group) is 1. The van der Waals surface area contributed by atoms with Gasteiger partial charge >= 0.3 is 11.7 Å². The summed E-state index contributed by atoms with van der Waals surface area (Å²) >= 11 is 1.50. The summed E-state index contributed by atoms with van der Waals surface area (Å²) < 4.78 is 8.16. The van der Waals surface area contributed by atoms with Gasteiger partial charge in [0, 0.05) is 33.4 Å². The summed E-state index contributed by atoms with van der Waals surface area (Å²) in [6.07, 6.45) is 3.62. The number of fused-ring (bicyclic) bond motifs is 1. The van der Waals surface area contributed by atoms with Crippen LogP contribution in [0.2, 0.25) is 0 Å². The molecule has 3 rings (SSSR count). The summed E-state index contributed by atoms with van der Waals surface area (Å²) in [5.74, 6) is -1.15. The normalized spacial score (nSPS) is 11.2. The predicted octanol–water partition coefficient (Wildman–Crippen LogP) is 0.909. The third-order valence-corrected chi connectivity index (χ3v) is 5.37. The molecule has 0 unspecified atom stereocenters. The average Bonchev–Trinajstić information content (AvgIpc) is 3.14. The summed E-state index contributed by atoms with van der Waals surface area (Å²) in [5.41, 5.74) is 0.0191. The van der Waals surface area contributed by atoms with Gasteiger partial charge in [-0.25, -0.2) is 14.6 Å². The van der Waals surface area contributed by atoms with Gasteiger partial charge in [0.05, 0.1) is 22.3 Å². The quantitative estimate of drug-likeness (QED) is 0.427. The summed E-state index contributed by atoms with van der Waals surface area (Å²) in [6, 6.07) is 7.70. The number of thiazole rings is 1. The van der Waals surface area contributed by atoms with Crippen LogP contribution in [0.4, 0.5) is 0 Å². The molecule has 0 spiro atoms. The van der Waals surface area contributed by atoms with Gasteiger partial charge in [0.1, 0.15) is 5.01 Å². The van der Waals surface area contributed by atoms with Crippen LogP contribution in [-0.4, -0.2) is 44.5 Å². The maximum Gasteiger partial charge on any atom is 0.331 e. The highest BCUT2D eigenvalue weighted by Gasteiger charge is 2.14. The molecule has 1 amide bonds. The first-order valence-electron chi connectivity index (χ1n) is 8.96. The lowest BCUT2D eigenvalue weighted by atomic mass is 10.3. The molecule has 0 radical (unpaired) electrons. The van der Waals surface area contributed by atoms with Crippen molar-refractivity contribution in [2.75, 3.05) is 13.7 Å². The molecule has 2 heterocycles. The van der Waals surface area contributed by atoms with Gasteiger partial charge in [0.25, 0.3) is 11.5 Å². The van der Waals surface area contributed by atoms with Crippen molar-refractivity contribution in [2.24, 2.45) is 14.1 Å². The standard InChI is InChI=1S/C20H20N4O5S/c1-22(11-16-21-14-6-4-5-7-15(14)30-16)17(25)12-29-18(26)9-8-13-10-23(2)20(28)24(3)19(13)27/h4-10H,11-12H2,1-3H3/b9-8+. The highest BCUT2D eigenvalue weighted by Crippen LogP contribution is 2.22. The molecule has 10 heteroatoms. The molecule has 0 bridgehead atoms. The number of hydrogen-bond acceptors (Lipinski definition) is 7. The highest BCUT2D eigenvalue weighted by atomic mass is 32.1. The van der Waals surface area contributed by atoms with Crippen LogP contribution in [0.1, 0.15) is 10.6 Å². The molecule has 156 valence electrons. The first kappa shape index (κ1) is 21.2. The fourth-order valence-electron chi connectivity index (χ4n) is 2.68. The molecular formula is C20H20N4O5S. The molecule has 2 aromatic heterocycles. The minimum absolute atomic E-state index is 0.149. The van der Waals surface area contributed by atoms with Crippen LogP contribution in [0.15, 0.2) is 46.1 Å². The van der Waals surface area contributed by atoms with Crippen LogP contribution >= 0.6 is 11.3 Å². The van der Waals surface area contributed by atoms with E-state index in [1.807, 2.05) is 24.3 Å². The van der Waals surface area contributed by atoms with Crippen molar-refractivity contribution in [3.8, 4) is 0 Å². The third-order valence-electron chi connectivity index (χ3n) is 4.35. The maximum absolute atomic E-state index is 12.2. The van der Waals surface area contributed by atoms with E-state index in [4.69, 9.17) is 4.74 Å². The molecule has 0 aliphatic rings. The molecule has 0 N–H and O–H groups in total. The highest BCUT2D eigenvalue weighted by molar-refractivity contribution is 7.18. The second kappa shape index (κ2) is 8.87. The zero-order valence-corrected chi connectivity index (χ0v) is 17.5. The number of hydrogen-bond donors (Lipinski definition) is 0. The zero-order valence-electron chi connectivity index (χ0n) is 16.7. The Morgan fingerprint density at radius 3 is 2.70 bits per heavy atom. The molecule has 9 nitrogen and oxygen atoms in total. The van der Waals surface area contributed by atoms with Gasteiger partial charge in [-0.3, -0.25) is 14.2 Å². The van der Waals surface area contributed by atoms with Crippen LogP contribution in [0.5, 0.6) is 0 Å². The topological polar surface area (TPSA) is 104 Å². The van der Waals surface area contributed by atoms with Gasteiger partial charge in [-0.2, -0.15) is 0 Å². The Morgan fingerprint density at radius 1 is 1.23 bits per heavy atom. The Labute approximate surface area is 175 Å². The van der Waals surface area contributed by atoms with Gasteiger partial charge in [-0.15, -0.1) is 11.3 Å². The van der Waals surface area contributed by atoms with Gasteiger partial charge < -0.3 is 14.2 Å². The molecule has 30 heavy (non-hydrogen) atoms. The minimum atomic E-state index is -0.771. The molecule has 0 fully saturated rings. The fourth-order valence-corrected chi connectivity index (χ4v) is 3.70. The van der Waals surface area contributed by atoms with Gasteiger partial charge in [-0.1, -0.05) is 12.1 Å². The van der Waals surface area contributed by atoms with Crippen molar-refractivity contribution in [3.63, 3.8) is 0 Å². The number of para-hydroxylation sites is 1. The number of carbonyl (C=O) groups excluding carboxylic acids is 2. The summed E-state index contributed by atoms with van der Waals surface area (Å²) in [6.45, 7) is -0.129. The second-order valence-corrected chi connectivity index (χ2v) is 7.72. The lowest BCUT2D eigenvalue weighted by Gasteiger charge is -2.15. The Kier molecular flexibility index (Phi) is 6.26. The lowest BCUT2D eigenvalue weighted by Crippen LogP contribution is -2.37. The Bertz CT molecular complexity index is 1220. The number of rotatable bonds is 6. The van der Waals surface area contributed by atoms with E-state index in [-0.39, 0.29) is 11.5 Å². The first-order chi connectivity index (χ1) is 14.3. The van der Waals surface area contributed by atoms with Crippen molar-refractivity contribution < 1.29 is 14.3 Å². The van der Waals surface area contributed by atoms with Crippen molar-refractivity contribution in [3.05, 3.63) is 67.9 Å². The molecule has 3 aromatic rings. The monoisotopic (exact) mass is 428 g/mol. The Hall–Kier alpha value is -3.53. The number of aryl methyl sites for hydroxylation is 1. The Morgan fingerprint density at radius 2 is 1.97 bits per heavy atom. The van der Waals surface area contributed by atoms with E-state index in [2.05, 4.69) is 4.98 Å². The molecule has 0 atom stereocenters. The van der Waals surface area contributed by atoms with E-state index >= 15 is 0 Å². The molecule has 0 aliphatic carbocycles. The van der Waals surface area contributed by atoms with Crippen molar-refractivity contribution in [2.45, 2.75) is 6.54 Å². The van der Waals surface area contributed by atoms with Crippen molar-refractivity contribution >= 4 is 39.5 Å². The number of ether oxygens (including phenoxy) is 1. The van der Waals surface area contributed by atoms with Crippen LogP contribution in [-0.2, 0) is 35.0 Å². The van der Waals surface area contributed by atoms with E-state index < -0.39 is 23.8 Å². The van der Waals surface area contributed by atoms with Crippen LogP contribution < -0.4 is 11.2 Å². The van der Waals surface area contributed by atoms with Gasteiger partial charge in [0.2, 0.25) is 0 Å². The summed E-state index contributed by atoms with van der Waals surface area (Å²) in [7, 11) is 4.45. The summed E-state index contributed by atoms with van der Waals surface area (Å²) in [4.78, 5) is 53.7. The Balaban J connectivity index is 1.56. The predicted molar refractivity (Wildman–Crippen MR) is 113 cm³/mol. The fraction of sp³-hybridized carbons (Fsp3) is 0.250. The largest absolute Gasteiger partial charge is 0.452 e. The third kappa shape index (κ3) is 4.71. The molecule has 1 aromatic carbocycles. The van der Waals surface area contributed by atoms with Crippen LogP contribution in [0.3, 0.4) is 0 Å². The van der Waals surface area contributed by atoms with Crippen molar-refractivity contribution in [1.82, 2.24) is 19.0 Å². The molecule has 0 aliphatic heterocycles. The SMILES string of the molecule is CN(Cc1nc2ccccc2s1)C(=O)COC(=O)/C=C/c1cn(C)c(=O)n(C)c1=O. The van der Waals surface area contributed by atoms with Crippen molar-refractivity contribution in [1.29, 1.82) is 0 Å². The number of amides is 1. The minimum Gasteiger partial charge on any atom is -0.452 e. The number of aromatic nitrogens is 3. The van der Waals surface area contributed by atoms with E-state index in [1.165, 1.54) is 47.2 Å². The van der Waals surface area contributed by atoms with Gasteiger partial charge in [0.15, 0.2) is 6.61 Å². The van der Waals surface area contributed by atoms with E-state index in [1.54, 1.807) is 7.05 Å². The molecule has 0 saturated carbocycles. The number of benzene rings is 1. The van der Waals surface area contributed by atoms with Crippen LogP contribution in [0.25, 0.3) is 16.3 Å². The summed E-state index contributed by atoms with van der Waals surface area (Å²) in [5, 5.41) is 0.781. The smallest absolute Gasteiger partial charge is 0.331 e. The first-order valence-corrected chi connectivity index (χ1v) is 9.78. The van der Waals surface area contributed by atoms with E-state index in [0.29, 0.717) is 6.54 Å². The van der Waals surface area contributed by atoms with Crippen LogP contribution in [0, 0.1) is 0 Å². The molecule has 0 saturated heterocycles. The average molecular weight is 428 g/mol. The molecular weight excluding hydrogens is 408 g/mol. The maximum atomic E-state index is 12.2. The number of esters is 1. The zero-order chi connectivity index (χ0) is 21.8. The second-order valence-electron chi connectivity index (χ2n) is 6.61. The van der Waals surface area contributed by atoms with E-state index in [0.717, 1.165) is 25.9 Å². The number of carbonyl (C=O) groups is 2. The van der Waals surface area contributed by atoms with Gasteiger partial charge in [-0.05, 0) is 18.2 Å².